The van der Waals surface area contributed by atoms with Crippen molar-refractivity contribution in [3.8, 4) is 23.0 Å². The van der Waals surface area contributed by atoms with Crippen molar-refractivity contribution >= 4 is 11.6 Å². The number of para-hydroxylation sites is 2. The lowest BCUT2D eigenvalue weighted by atomic mass is 9.96. The largest absolute Gasteiger partial charge is 0.497 e. The Labute approximate surface area is 216 Å². The van der Waals surface area contributed by atoms with Crippen LogP contribution in [0.15, 0.2) is 109 Å². The van der Waals surface area contributed by atoms with E-state index in [-0.39, 0.29) is 18.0 Å². The first-order valence-electron chi connectivity index (χ1n) is 11.9. The van der Waals surface area contributed by atoms with Gasteiger partial charge in [-0.05, 0) is 72.8 Å². The third-order valence-corrected chi connectivity index (χ3v) is 5.81. The number of carbonyl (C=O) groups is 2. The molecule has 0 spiro atoms. The van der Waals surface area contributed by atoms with E-state index in [1.54, 1.807) is 87.0 Å². The molecule has 0 saturated carbocycles. The number of ketones is 2. The normalized spacial score (nSPS) is 12.2. The van der Waals surface area contributed by atoms with E-state index in [2.05, 4.69) is 0 Å². The average Bonchev–Trinajstić information content (AvgIpc) is 2.97. The molecule has 0 aliphatic rings. The lowest BCUT2D eigenvalue weighted by Gasteiger charge is -2.24. The van der Waals surface area contributed by atoms with Gasteiger partial charge in [-0.1, -0.05) is 36.4 Å². The molecular formula is C31H28O6. The number of ether oxygens (including phenoxy) is 4. The fourth-order valence-electron chi connectivity index (χ4n) is 3.82. The van der Waals surface area contributed by atoms with Crippen molar-refractivity contribution in [1.82, 2.24) is 0 Å². The minimum Gasteiger partial charge on any atom is -0.497 e. The predicted molar refractivity (Wildman–Crippen MR) is 141 cm³/mol. The van der Waals surface area contributed by atoms with Crippen LogP contribution in [0, 0.1) is 0 Å². The average molecular weight is 497 g/mol. The Bertz CT molecular complexity index is 1180. The second-order valence-electron chi connectivity index (χ2n) is 8.26. The number of methoxy groups -OCH3 is 2. The van der Waals surface area contributed by atoms with E-state index in [4.69, 9.17) is 18.9 Å². The van der Waals surface area contributed by atoms with Gasteiger partial charge in [-0.25, -0.2) is 0 Å². The molecule has 0 fully saturated rings. The Morgan fingerprint density at radius 1 is 0.514 bits per heavy atom. The highest BCUT2D eigenvalue weighted by molar-refractivity contribution is 6.02. The van der Waals surface area contributed by atoms with E-state index >= 15 is 0 Å². The number of hydrogen-bond acceptors (Lipinski definition) is 6. The first-order valence-corrected chi connectivity index (χ1v) is 11.9. The molecule has 4 aromatic carbocycles. The highest BCUT2D eigenvalue weighted by atomic mass is 16.5. The van der Waals surface area contributed by atoms with Gasteiger partial charge in [0, 0.05) is 17.5 Å². The molecule has 0 N–H and O–H groups in total. The van der Waals surface area contributed by atoms with Crippen molar-refractivity contribution in [3.63, 3.8) is 0 Å². The highest BCUT2D eigenvalue weighted by Gasteiger charge is 2.32. The van der Waals surface area contributed by atoms with Crippen molar-refractivity contribution in [2.45, 2.75) is 18.6 Å². The third-order valence-electron chi connectivity index (χ3n) is 5.81. The zero-order chi connectivity index (χ0) is 26.0. The summed E-state index contributed by atoms with van der Waals surface area (Å²) in [7, 11) is 3.13. The maximum atomic E-state index is 13.6. The maximum absolute atomic E-state index is 13.6. The molecule has 0 radical (unpaired) electrons. The molecule has 4 aromatic rings. The molecule has 0 bridgehead atoms. The van der Waals surface area contributed by atoms with Crippen LogP contribution in [0.3, 0.4) is 0 Å². The number of benzene rings is 4. The van der Waals surface area contributed by atoms with Crippen LogP contribution >= 0.6 is 0 Å². The molecule has 6 nitrogen and oxygen atoms in total. The van der Waals surface area contributed by atoms with E-state index < -0.39 is 12.2 Å². The molecular weight excluding hydrogens is 468 g/mol. The minimum absolute atomic E-state index is 0.000482. The van der Waals surface area contributed by atoms with Crippen LogP contribution in [-0.2, 0) is 0 Å². The molecule has 6 heteroatoms. The van der Waals surface area contributed by atoms with Crippen LogP contribution in [0.1, 0.15) is 27.1 Å². The van der Waals surface area contributed by atoms with E-state index in [0.717, 1.165) is 0 Å². The van der Waals surface area contributed by atoms with Crippen LogP contribution in [0.25, 0.3) is 0 Å². The number of hydrogen-bond donors (Lipinski definition) is 0. The summed E-state index contributed by atoms with van der Waals surface area (Å²) in [5, 5.41) is 0. The van der Waals surface area contributed by atoms with Gasteiger partial charge in [-0.3, -0.25) is 9.59 Å². The van der Waals surface area contributed by atoms with Crippen LogP contribution in [-0.4, -0.2) is 38.0 Å². The first kappa shape index (κ1) is 25.5. The predicted octanol–water partition coefficient (Wildman–Crippen LogP) is 6.05. The van der Waals surface area contributed by atoms with E-state index in [9.17, 15) is 9.59 Å². The molecule has 2 unspecified atom stereocenters. The van der Waals surface area contributed by atoms with Crippen molar-refractivity contribution in [2.75, 3.05) is 14.2 Å². The summed E-state index contributed by atoms with van der Waals surface area (Å²) in [6.45, 7) is 0. The van der Waals surface area contributed by atoms with Crippen LogP contribution in [0.2, 0.25) is 0 Å². The zero-order valence-corrected chi connectivity index (χ0v) is 20.7. The Hall–Kier alpha value is -4.58. The van der Waals surface area contributed by atoms with Gasteiger partial charge in [0.25, 0.3) is 0 Å². The first-order chi connectivity index (χ1) is 18.1. The Morgan fingerprint density at radius 3 is 1.19 bits per heavy atom. The zero-order valence-electron chi connectivity index (χ0n) is 20.7. The van der Waals surface area contributed by atoms with Crippen LogP contribution in [0.4, 0.5) is 0 Å². The smallest absolute Gasteiger partial charge is 0.203 e. The van der Waals surface area contributed by atoms with Gasteiger partial charge in [-0.2, -0.15) is 0 Å². The van der Waals surface area contributed by atoms with Gasteiger partial charge in [-0.15, -0.1) is 0 Å². The molecule has 188 valence electrons. The molecule has 0 saturated heterocycles. The summed E-state index contributed by atoms with van der Waals surface area (Å²) in [4.78, 5) is 27.3. The summed E-state index contributed by atoms with van der Waals surface area (Å²) in [5.41, 5.74) is 0.883. The molecule has 4 rings (SSSR count). The van der Waals surface area contributed by atoms with Gasteiger partial charge < -0.3 is 18.9 Å². The maximum Gasteiger partial charge on any atom is 0.203 e. The molecule has 2 atom stereocenters. The van der Waals surface area contributed by atoms with Crippen molar-refractivity contribution < 1.29 is 28.5 Å². The van der Waals surface area contributed by atoms with Gasteiger partial charge in [0.1, 0.15) is 23.0 Å². The Morgan fingerprint density at radius 2 is 0.865 bits per heavy atom. The molecule has 0 amide bonds. The minimum atomic E-state index is -0.980. The van der Waals surface area contributed by atoms with Crippen LogP contribution < -0.4 is 18.9 Å². The summed E-state index contributed by atoms with van der Waals surface area (Å²) in [6.07, 6.45) is -1.96. The van der Waals surface area contributed by atoms with Crippen molar-refractivity contribution in [2.24, 2.45) is 0 Å². The second-order valence-corrected chi connectivity index (χ2v) is 8.26. The lowest BCUT2D eigenvalue weighted by Crippen LogP contribution is -2.38. The van der Waals surface area contributed by atoms with Gasteiger partial charge in [0.15, 0.2) is 12.2 Å². The number of rotatable bonds is 12. The molecule has 0 aliphatic carbocycles. The molecule has 0 aromatic heterocycles. The second kappa shape index (κ2) is 12.4. The summed E-state index contributed by atoms with van der Waals surface area (Å²) in [5.74, 6) is 1.77. The monoisotopic (exact) mass is 496 g/mol. The quantitative estimate of drug-likeness (QED) is 0.222. The highest BCUT2D eigenvalue weighted by Crippen LogP contribution is 2.24. The number of Topliss-reactive ketones (excluding diaryl/α,β-unsaturated/α-hetero) is 2. The summed E-state index contributed by atoms with van der Waals surface area (Å²) < 4.78 is 22.7. The molecule has 37 heavy (non-hydrogen) atoms. The van der Waals surface area contributed by atoms with Gasteiger partial charge in [0.05, 0.1) is 14.2 Å². The summed E-state index contributed by atoms with van der Waals surface area (Å²) in [6, 6.07) is 31.7. The Kier molecular flexibility index (Phi) is 8.55. The van der Waals surface area contributed by atoms with Gasteiger partial charge >= 0.3 is 0 Å². The van der Waals surface area contributed by atoms with E-state index in [0.29, 0.717) is 34.1 Å². The topological polar surface area (TPSA) is 71.1 Å². The third kappa shape index (κ3) is 6.76. The SMILES string of the molecule is COc1ccc(C(=O)C(CC(Oc2ccccc2)C(=O)c2ccc(OC)cc2)Oc2ccccc2)cc1. The standard InChI is InChI=1S/C31H28O6/c1-34-24-17-13-22(14-18-24)30(32)28(36-26-9-5-3-6-10-26)21-29(37-27-11-7-4-8-12-27)31(33)23-15-19-25(35-2)20-16-23/h3-20,28-29H,21H2,1-2H3. The van der Waals surface area contributed by atoms with E-state index in [1.165, 1.54) is 0 Å². The van der Waals surface area contributed by atoms with Gasteiger partial charge in [0.2, 0.25) is 11.6 Å². The lowest BCUT2D eigenvalue weighted by molar-refractivity contribution is 0.0588. The molecule has 0 heterocycles. The van der Waals surface area contributed by atoms with Crippen LogP contribution in [0.5, 0.6) is 23.0 Å². The Balaban J connectivity index is 1.66. The summed E-state index contributed by atoms with van der Waals surface area (Å²) >= 11 is 0. The number of carbonyl (C=O) groups excluding carboxylic acids is 2. The fraction of sp³-hybridized carbons (Fsp3) is 0.161. The van der Waals surface area contributed by atoms with Crippen molar-refractivity contribution in [3.05, 3.63) is 120 Å². The molecule has 0 aliphatic heterocycles. The van der Waals surface area contributed by atoms with E-state index in [1.807, 2.05) is 36.4 Å². The van der Waals surface area contributed by atoms with Crippen molar-refractivity contribution in [1.29, 1.82) is 0 Å². The fourth-order valence-corrected chi connectivity index (χ4v) is 3.82.